The minimum atomic E-state index is -0.0908. The number of hydrogen-bond donors (Lipinski definition) is 2. The van der Waals surface area contributed by atoms with Crippen LogP contribution in [-0.2, 0) is 5.41 Å². The summed E-state index contributed by atoms with van der Waals surface area (Å²) in [5.74, 6) is 7.07. The molecule has 1 aromatic rings. The summed E-state index contributed by atoms with van der Waals surface area (Å²) in [7, 11) is 0. The Bertz CT molecular complexity index is 430. The van der Waals surface area contributed by atoms with Crippen LogP contribution in [0.5, 0.6) is 0 Å². The first-order valence-corrected chi connectivity index (χ1v) is 6.91. The first-order chi connectivity index (χ1) is 8.04. The molecule has 0 fully saturated rings. The molecule has 18 heavy (non-hydrogen) atoms. The van der Waals surface area contributed by atoms with E-state index in [9.17, 15) is 0 Å². The average Bonchev–Trinajstić information content (AvgIpc) is 2.17. The molecule has 0 saturated carbocycles. The molecule has 0 saturated heterocycles. The number of nitrogens with one attached hydrogen (secondary N) is 1. The van der Waals surface area contributed by atoms with Gasteiger partial charge in [-0.1, -0.05) is 41.5 Å². The third-order valence-electron chi connectivity index (χ3n) is 2.31. The number of thioether (sulfide) groups is 1. The molecule has 0 unspecified atom stereocenters. The van der Waals surface area contributed by atoms with E-state index in [0.717, 1.165) is 16.4 Å². The molecule has 1 rings (SSSR count). The molecule has 1 aromatic heterocycles. The first kappa shape index (κ1) is 15.2. The lowest BCUT2D eigenvalue weighted by molar-refractivity contribution is 0.538. The topological polar surface area (TPSA) is 63.8 Å². The Morgan fingerprint density at radius 3 is 2.00 bits per heavy atom. The van der Waals surface area contributed by atoms with Crippen LogP contribution in [0.1, 0.15) is 52.9 Å². The Labute approximate surface area is 114 Å². The molecule has 4 nitrogen and oxygen atoms in total. The van der Waals surface area contributed by atoms with E-state index in [2.05, 4.69) is 52.0 Å². The molecule has 0 aliphatic heterocycles. The molecule has 1 heterocycles. The molecule has 0 bridgehead atoms. The molecule has 0 aliphatic rings. The van der Waals surface area contributed by atoms with Crippen molar-refractivity contribution < 1.29 is 0 Å². The zero-order chi connectivity index (χ0) is 14.1. The van der Waals surface area contributed by atoms with E-state index in [1.54, 1.807) is 11.8 Å². The van der Waals surface area contributed by atoms with Crippen LogP contribution in [0.2, 0.25) is 0 Å². The van der Waals surface area contributed by atoms with Crippen molar-refractivity contribution in [1.82, 2.24) is 9.97 Å². The maximum Gasteiger partial charge on any atom is 0.147 e. The summed E-state index contributed by atoms with van der Waals surface area (Å²) < 4.78 is 0.111. The average molecular weight is 268 g/mol. The lowest BCUT2D eigenvalue weighted by Crippen LogP contribution is -2.21. The summed E-state index contributed by atoms with van der Waals surface area (Å²) in [5, 5.41) is 0.996. The molecule has 0 aromatic carbocycles. The molecule has 0 atom stereocenters. The molecule has 0 aliphatic carbocycles. The third-order valence-corrected chi connectivity index (χ3v) is 3.51. The van der Waals surface area contributed by atoms with Gasteiger partial charge in [0.1, 0.15) is 16.7 Å². The molecule has 0 spiro atoms. The number of aromatic nitrogens is 2. The van der Waals surface area contributed by atoms with E-state index in [4.69, 9.17) is 10.8 Å². The minimum Gasteiger partial charge on any atom is -0.308 e. The van der Waals surface area contributed by atoms with Gasteiger partial charge in [-0.05, 0) is 6.92 Å². The lowest BCUT2D eigenvalue weighted by Gasteiger charge is -2.23. The number of hydrogen-bond acceptors (Lipinski definition) is 5. The van der Waals surface area contributed by atoms with E-state index in [1.807, 2.05) is 6.92 Å². The number of anilines is 1. The van der Waals surface area contributed by atoms with Crippen molar-refractivity contribution in [3.8, 4) is 0 Å². The van der Waals surface area contributed by atoms with Gasteiger partial charge >= 0.3 is 0 Å². The Balaban J connectivity index is 3.32. The van der Waals surface area contributed by atoms with Gasteiger partial charge in [0.05, 0.1) is 0 Å². The summed E-state index contributed by atoms with van der Waals surface area (Å²) in [6, 6.07) is 0. The summed E-state index contributed by atoms with van der Waals surface area (Å²) in [5.41, 5.74) is 3.58. The molecule has 0 radical (unpaired) electrons. The summed E-state index contributed by atoms with van der Waals surface area (Å²) in [6.07, 6.45) is 0. The van der Waals surface area contributed by atoms with Gasteiger partial charge in [-0.2, -0.15) is 0 Å². The highest BCUT2D eigenvalue weighted by Crippen LogP contribution is 2.35. The second kappa shape index (κ2) is 5.05. The lowest BCUT2D eigenvalue weighted by atomic mass is 9.95. The molecule has 0 amide bonds. The monoisotopic (exact) mass is 268 g/mol. The second-order valence-electron chi connectivity index (χ2n) is 6.43. The van der Waals surface area contributed by atoms with Gasteiger partial charge in [-0.15, -0.1) is 11.8 Å². The fraction of sp³-hybridized carbons (Fsp3) is 0.692. The van der Waals surface area contributed by atoms with Crippen LogP contribution in [0.25, 0.3) is 0 Å². The van der Waals surface area contributed by atoms with Crippen LogP contribution < -0.4 is 11.3 Å². The van der Waals surface area contributed by atoms with Gasteiger partial charge in [0.25, 0.3) is 0 Å². The molecule has 102 valence electrons. The van der Waals surface area contributed by atoms with Crippen molar-refractivity contribution in [2.45, 2.75) is 63.7 Å². The van der Waals surface area contributed by atoms with E-state index >= 15 is 0 Å². The van der Waals surface area contributed by atoms with Crippen LogP contribution in [0, 0.1) is 6.92 Å². The van der Waals surface area contributed by atoms with E-state index in [0.29, 0.717) is 5.82 Å². The van der Waals surface area contributed by atoms with Crippen molar-refractivity contribution in [2.24, 2.45) is 5.84 Å². The van der Waals surface area contributed by atoms with Crippen LogP contribution >= 0.6 is 11.8 Å². The Morgan fingerprint density at radius 1 is 1.06 bits per heavy atom. The van der Waals surface area contributed by atoms with Crippen LogP contribution in [0.4, 0.5) is 5.82 Å². The van der Waals surface area contributed by atoms with Crippen molar-refractivity contribution in [1.29, 1.82) is 0 Å². The van der Waals surface area contributed by atoms with Crippen LogP contribution in [-0.4, -0.2) is 14.7 Å². The number of nitrogens with two attached hydrogens (primary N) is 1. The number of nitrogen functional groups attached to an aromatic ring is 1. The SMILES string of the molecule is Cc1c(NN)nc(C(C)(C)C)nc1SC(C)(C)C. The Hall–Kier alpha value is -0.810. The highest BCUT2D eigenvalue weighted by atomic mass is 32.2. The van der Waals surface area contributed by atoms with Gasteiger partial charge in [0.2, 0.25) is 0 Å². The van der Waals surface area contributed by atoms with Gasteiger partial charge in [0, 0.05) is 15.7 Å². The highest BCUT2D eigenvalue weighted by Gasteiger charge is 2.23. The van der Waals surface area contributed by atoms with Gasteiger partial charge < -0.3 is 5.43 Å². The molecular formula is C13H24N4S. The quantitative estimate of drug-likeness (QED) is 0.373. The van der Waals surface area contributed by atoms with Gasteiger partial charge in [-0.3, -0.25) is 0 Å². The van der Waals surface area contributed by atoms with E-state index in [-0.39, 0.29) is 10.2 Å². The molecule has 5 heteroatoms. The Kier molecular flexibility index (Phi) is 4.28. The van der Waals surface area contributed by atoms with Crippen LogP contribution in [0.15, 0.2) is 5.03 Å². The normalized spacial score (nSPS) is 12.7. The van der Waals surface area contributed by atoms with Gasteiger partial charge in [0.15, 0.2) is 0 Å². The van der Waals surface area contributed by atoms with Crippen molar-refractivity contribution in [3.63, 3.8) is 0 Å². The standard InChI is InChI=1S/C13H24N4S/c1-8-9(17-14)15-11(12(2,3)4)16-10(8)18-13(5,6)7/h14H2,1-7H3,(H,15,16,17). The highest BCUT2D eigenvalue weighted by molar-refractivity contribution is 8.00. The summed E-state index contributed by atoms with van der Waals surface area (Å²) in [6.45, 7) is 14.8. The Morgan fingerprint density at radius 2 is 1.61 bits per heavy atom. The van der Waals surface area contributed by atoms with Crippen molar-refractivity contribution in [3.05, 3.63) is 11.4 Å². The molecule has 3 N–H and O–H groups in total. The third kappa shape index (κ3) is 3.85. The van der Waals surface area contributed by atoms with E-state index < -0.39 is 0 Å². The maximum atomic E-state index is 5.55. The minimum absolute atomic E-state index is 0.0908. The fourth-order valence-corrected chi connectivity index (χ4v) is 2.32. The fourth-order valence-electron chi connectivity index (χ4n) is 1.36. The van der Waals surface area contributed by atoms with Crippen molar-refractivity contribution in [2.75, 3.05) is 5.43 Å². The smallest absolute Gasteiger partial charge is 0.147 e. The maximum absolute atomic E-state index is 5.55. The zero-order valence-electron chi connectivity index (χ0n) is 12.4. The molecular weight excluding hydrogens is 244 g/mol. The van der Waals surface area contributed by atoms with E-state index in [1.165, 1.54) is 0 Å². The number of nitrogens with zero attached hydrogens (tertiary/aromatic N) is 2. The van der Waals surface area contributed by atoms with Gasteiger partial charge in [-0.25, -0.2) is 15.8 Å². The van der Waals surface area contributed by atoms with Crippen LogP contribution in [0.3, 0.4) is 0 Å². The summed E-state index contributed by atoms with van der Waals surface area (Å²) >= 11 is 1.74. The number of rotatable bonds is 2. The number of hydrazine groups is 1. The largest absolute Gasteiger partial charge is 0.308 e. The summed E-state index contributed by atoms with van der Waals surface area (Å²) in [4.78, 5) is 9.19. The predicted octanol–water partition coefficient (Wildman–Crippen LogP) is 3.26. The second-order valence-corrected chi connectivity index (χ2v) is 8.25. The zero-order valence-corrected chi connectivity index (χ0v) is 13.2. The predicted molar refractivity (Wildman–Crippen MR) is 78.9 cm³/mol. The first-order valence-electron chi connectivity index (χ1n) is 6.09. The van der Waals surface area contributed by atoms with Crippen molar-refractivity contribution >= 4 is 17.6 Å².